The zero-order valence-electron chi connectivity index (χ0n) is 9.51. The van der Waals surface area contributed by atoms with Crippen molar-refractivity contribution in [3.8, 4) is 0 Å². The molecule has 0 bridgehead atoms. The molecule has 17 heavy (non-hydrogen) atoms. The Hall–Kier alpha value is -1.75. The molecule has 1 aromatic rings. The Labute approximate surface area is 104 Å². The summed E-state index contributed by atoms with van der Waals surface area (Å²) in [6, 6.07) is 7.30. The molecule has 0 aliphatic carbocycles. The fraction of sp³-hybridized carbons (Fsp3) is 0.167. The van der Waals surface area contributed by atoms with E-state index in [0.717, 1.165) is 10.9 Å². The Balaban J connectivity index is 2.38. The van der Waals surface area contributed by atoms with Gasteiger partial charge in [0.15, 0.2) is 5.17 Å². The molecule has 1 aromatic carbocycles. The lowest BCUT2D eigenvalue weighted by molar-refractivity contribution is 0.0892. The van der Waals surface area contributed by atoms with Crippen LogP contribution in [0, 0.1) is 0 Å². The predicted molar refractivity (Wildman–Crippen MR) is 71.4 cm³/mol. The first-order valence-corrected chi connectivity index (χ1v) is 6.17. The highest BCUT2D eigenvalue weighted by Crippen LogP contribution is 2.24. The summed E-state index contributed by atoms with van der Waals surface area (Å²) in [7, 11) is 1.78. The maximum Gasteiger partial charge on any atom is 0.272 e. The molecule has 1 aliphatic rings. The summed E-state index contributed by atoms with van der Waals surface area (Å²) in [5.41, 5.74) is 4.05. The normalized spacial score (nSPS) is 14.5. The summed E-state index contributed by atoms with van der Waals surface area (Å²) in [5, 5.41) is 2.39. The highest BCUT2D eigenvalue weighted by molar-refractivity contribution is 8.13. The second-order valence-corrected chi connectivity index (χ2v) is 4.50. The van der Waals surface area contributed by atoms with Gasteiger partial charge in [-0.15, -0.1) is 6.58 Å². The number of thioether (sulfide) groups is 1. The van der Waals surface area contributed by atoms with Gasteiger partial charge in [-0.3, -0.25) is 15.2 Å². The summed E-state index contributed by atoms with van der Waals surface area (Å²) in [6.07, 6.45) is 1.81. The van der Waals surface area contributed by atoms with E-state index in [2.05, 4.69) is 17.0 Å². The topological polar surface area (TPSA) is 44.7 Å². The van der Waals surface area contributed by atoms with Gasteiger partial charge in [-0.05, 0) is 12.1 Å². The zero-order valence-corrected chi connectivity index (χ0v) is 10.3. The number of amidine groups is 1. The number of rotatable bonds is 2. The minimum absolute atomic E-state index is 0.138. The van der Waals surface area contributed by atoms with Crippen LogP contribution >= 0.6 is 11.8 Å². The van der Waals surface area contributed by atoms with Crippen molar-refractivity contribution >= 4 is 28.5 Å². The van der Waals surface area contributed by atoms with E-state index in [0.29, 0.717) is 11.3 Å². The molecule has 0 saturated carbocycles. The van der Waals surface area contributed by atoms with Crippen LogP contribution in [0.1, 0.15) is 10.4 Å². The van der Waals surface area contributed by atoms with Crippen molar-refractivity contribution in [1.82, 2.24) is 10.4 Å². The molecular weight excluding hydrogens is 234 g/mol. The highest BCUT2D eigenvalue weighted by atomic mass is 32.2. The van der Waals surface area contributed by atoms with Crippen molar-refractivity contribution in [1.29, 1.82) is 0 Å². The average Bonchev–Trinajstić information content (AvgIpc) is 2.45. The fourth-order valence-electron chi connectivity index (χ4n) is 1.46. The fourth-order valence-corrected chi connectivity index (χ4v) is 2.13. The molecule has 0 spiro atoms. The molecule has 0 atom stereocenters. The van der Waals surface area contributed by atoms with E-state index < -0.39 is 0 Å². The van der Waals surface area contributed by atoms with Crippen LogP contribution in [0.2, 0.25) is 0 Å². The quantitative estimate of drug-likeness (QED) is 0.815. The number of nitrogens with zero attached hydrogens (tertiary/aromatic N) is 2. The number of fused-ring (bicyclic) bond motifs is 1. The van der Waals surface area contributed by atoms with Crippen molar-refractivity contribution in [2.24, 2.45) is 4.99 Å². The van der Waals surface area contributed by atoms with E-state index in [4.69, 9.17) is 0 Å². The number of para-hydroxylation sites is 1. The van der Waals surface area contributed by atoms with Crippen LogP contribution in [-0.2, 0) is 0 Å². The summed E-state index contributed by atoms with van der Waals surface area (Å²) >= 11 is 1.53. The number of nitrogens with one attached hydrogen (secondary N) is 1. The van der Waals surface area contributed by atoms with Gasteiger partial charge in [0.2, 0.25) is 0 Å². The van der Waals surface area contributed by atoms with Gasteiger partial charge in [-0.2, -0.15) is 0 Å². The van der Waals surface area contributed by atoms with Gasteiger partial charge in [0.25, 0.3) is 5.91 Å². The second-order valence-electron chi connectivity index (χ2n) is 3.51. The Morgan fingerprint density at radius 3 is 3.06 bits per heavy atom. The smallest absolute Gasteiger partial charge is 0.267 e. The SMILES string of the molecule is C=CCSC1=Nc2ccccc2C(=O)NN1C. The van der Waals surface area contributed by atoms with Crippen molar-refractivity contribution in [2.75, 3.05) is 12.8 Å². The summed E-state index contributed by atoms with van der Waals surface area (Å²) in [6.45, 7) is 3.67. The molecular formula is C12H13N3OS. The molecule has 5 heteroatoms. The maximum absolute atomic E-state index is 11.9. The van der Waals surface area contributed by atoms with Gasteiger partial charge in [-0.1, -0.05) is 30.0 Å². The number of hydrogen-bond donors (Lipinski definition) is 1. The van der Waals surface area contributed by atoms with Gasteiger partial charge in [0.1, 0.15) is 0 Å². The Kier molecular flexibility index (Phi) is 3.49. The second kappa shape index (κ2) is 5.05. The number of amides is 1. The van der Waals surface area contributed by atoms with E-state index >= 15 is 0 Å². The Bertz CT molecular complexity index is 484. The standard InChI is InChI=1S/C12H13N3OS/c1-3-8-17-12-13-10-7-5-4-6-9(10)11(16)14-15(12)2/h3-7H,1,8H2,2H3,(H,14,16). The van der Waals surface area contributed by atoms with Gasteiger partial charge in [0, 0.05) is 12.8 Å². The molecule has 1 heterocycles. The number of aliphatic imine (C=N–C) groups is 1. The largest absolute Gasteiger partial charge is 0.272 e. The van der Waals surface area contributed by atoms with E-state index in [1.165, 1.54) is 11.8 Å². The van der Waals surface area contributed by atoms with Crippen molar-refractivity contribution in [3.05, 3.63) is 42.5 Å². The lowest BCUT2D eigenvalue weighted by atomic mass is 10.2. The number of hydrazine groups is 1. The minimum atomic E-state index is -0.138. The lowest BCUT2D eigenvalue weighted by Crippen LogP contribution is -2.40. The third-order valence-electron chi connectivity index (χ3n) is 2.25. The van der Waals surface area contributed by atoms with Gasteiger partial charge < -0.3 is 0 Å². The lowest BCUT2D eigenvalue weighted by Gasteiger charge is -2.18. The van der Waals surface area contributed by atoms with Crippen molar-refractivity contribution in [3.63, 3.8) is 0 Å². The number of carbonyl (C=O) groups is 1. The van der Waals surface area contributed by atoms with Crippen LogP contribution in [0.4, 0.5) is 5.69 Å². The number of benzene rings is 1. The van der Waals surface area contributed by atoms with E-state index in [9.17, 15) is 4.79 Å². The van der Waals surface area contributed by atoms with Crippen LogP contribution < -0.4 is 5.43 Å². The number of carbonyl (C=O) groups excluding carboxylic acids is 1. The first kappa shape index (κ1) is 11.7. The molecule has 2 rings (SSSR count). The molecule has 1 aliphatic heterocycles. The first-order chi connectivity index (χ1) is 8.22. The molecule has 0 saturated heterocycles. The zero-order chi connectivity index (χ0) is 12.3. The molecule has 1 N–H and O–H groups in total. The predicted octanol–water partition coefficient (Wildman–Crippen LogP) is 2.18. The molecule has 0 aromatic heterocycles. The van der Waals surface area contributed by atoms with Gasteiger partial charge in [-0.25, -0.2) is 4.99 Å². The van der Waals surface area contributed by atoms with Crippen LogP contribution in [-0.4, -0.2) is 28.9 Å². The summed E-state index contributed by atoms with van der Waals surface area (Å²) in [4.78, 5) is 16.4. The van der Waals surface area contributed by atoms with Crippen LogP contribution in [0.5, 0.6) is 0 Å². The summed E-state index contributed by atoms with van der Waals surface area (Å²) < 4.78 is 0. The molecule has 0 unspecified atom stereocenters. The van der Waals surface area contributed by atoms with E-state index in [1.807, 2.05) is 18.2 Å². The van der Waals surface area contributed by atoms with Crippen LogP contribution in [0.15, 0.2) is 41.9 Å². The molecule has 1 amide bonds. The van der Waals surface area contributed by atoms with Gasteiger partial charge in [0.05, 0.1) is 11.3 Å². The van der Waals surface area contributed by atoms with Crippen molar-refractivity contribution < 1.29 is 4.79 Å². The minimum Gasteiger partial charge on any atom is -0.267 e. The third kappa shape index (κ3) is 2.50. The molecule has 0 fully saturated rings. The Morgan fingerprint density at radius 2 is 2.29 bits per heavy atom. The van der Waals surface area contributed by atoms with Crippen LogP contribution in [0.3, 0.4) is 0 Å². The molecule has 4 nitrogen and oxygen atoms in total. The molecule has 88 valence electrons. The first-order valence-electron chi connectivity index (χ1n) is 5.18. The third-order valence-corrected chi connectivity index (χ3v) is 3.28. The van der Waals surface area contributed by atoms with Gasteiger partial charge >= 0.3 is 0 Å². The van der Waals surface area contributed by atoms with E-state index in [1.54, 1.807) is 24.2 Å². The summed E-state index contributed by atoms with van der Waals surface area (Å²) in [5.74, 6) is 0.613. The van der Waals surface area contributed by atoms with Crippen molar-refractivity contribution in [2.45, 2.75) is 0 Å². The van der Waals surface area contributed by atoms with E-state index in [-0.39, 0.29) is 5.91 Å². The van der Waals surface area contributed by atoms with Crippen LogP contribution in [0.25, 0.3) is 0 Å². The molecule has 0 radical (unpaired) electrons. The highest BCUT2D eigenvalue weighted by Gasteiger charge is 2.19. The monoisotopic (exact) mass is 247 g/mol. The Morgan fingerprint density at radius 1 is 1.53 bits per heavy atom. The number of hydrogen-bond acceptors (Lipinski definition) is 4. The average molecular weight is 247 g/mol. The maximum atomic E-state index is 11.9.